The van der Waals surface area contributed by atoms with Crippen molar-refractivity contribution in [2.45, 2.75) is 33.6 Å². The van der Waals surface area contributed by atoms with Gasteiger partial charge in [-0.05, 0) is 13.3 Å². The third-order valence-corrected chi connectivity index (χ3v) is 3.15. The maximum atomic E-state index is 11.7. The number of hydrogen-bond donors (Lipinski definition) is 1. The van der Waals surface area contributed by atoms with Crippen molar-refractivity contribution in [1.29, 1.82) is 0 Å². The summed E-state index contributed by atoms with van der Waals surface area (Å²) in [6.07, 6.45) is 1.79. The molecule has 1 unspecified atom stereocenters. The number of amides is 1. The first-order valence-electron chi connectivity index (χ1n) is 6.02. The van der Waals surface area contributed by atoms with Crippen LogP contribution in [0.2, 0.25) is 0 Å². The molecule has 1 rings (SSSR count). The Morgan fingerprint density at radius 2 is 2.22 bits per heavy atom. The van der Waals surface area contributed by atoms with E-state index >= 15 is 0 Å². The molecule has 1 aromatic heterocycles. The van der Waals surface area contributed by atoms with Crippen LogP contribution in [-0.4, -0.2) is 23.5 Å². The first-order valence-corrected chi connectivity index (χ1v) is 6.89. The maximum absolute atomic E-state index is 11.7. The highest BCUT2D eigenvalue weighted by molar-refractivity contribution is 7.14. The van der Waals surface area contributed by atoms with Crippen molar-refractivity contribution < 1.29 is 14.3 Å². The van der Waals surface area contributed by atoms with E-state index in [1.54, 1.807) is 12.3 Å². The van der Waals surface area contributed by atoms with Gasteiger partial charge < -0.3 is 10.1 Å². The van der Waals surface area contributed by atoms with E-state index in [9.17, 15) is 9.59 Å². The smallest absolute Gasteiger partial charge is 0.357 e. The van der Waals surface area contributed by atoms with Gasteiger partial charge in [-0.2, -0.15) is 0 Å². The molecule has 0 radical (unpaired) electrons. The van der Waals surface area contributed by atoms with Gasteiger partial charge in [0.25, 0.3) is 0 Å². The van der Waals surface area contributed by atoms with E-state index in [1.807, 2.05) is 13.8 Å². The molecule has 0 bridgehead atoms. The molecule has 0 aliphatic heterocycles. The number of nitrogens with one attached hydrogen (secondary N) is 1. The summed E-state index contributed by atoms with van der Waals surface area (Å²) in [5, 5.41) is 4.72. The van der Waals surface area contributed by atoms with Crippen molar-refractivity contribution in [3.05, 3.63) is 11.1 Å². The van der Waals surface area contributed by atoms with Gasteiger partial charge in [0, 0.05) is 11.3 Å². The number of aromatic nitrogens is 1. The van der Waals surface area contributed by atoms with Gasteiger partial charge in [0.15, 0.2) is 10.8 Å². The number of ether oxygens (including phenoxy) is 1. The molecule has 0 saturated carbocycles. The monoisotopic (exact) mass is 270 g/mol. The molecule has 1 heterocycles. The molecular formula is C12H18N2O3S. The normalized spacial score (nSPS) is 11.9. The average Bonchev–Trinajstić information content (AvgIpc) is 2.78. The lowest BCUT2D eigenvalue weighted by atomic mass is 10.1. The number of esters is 1. The van der Waals surface area contributed by atoms with E-state index in [2.05, 4.69) is 10.3 Å². The Bertz CT molecular complexity index is 417. The molecule has 1 amide bonds. The number of carbonyl (C=O) groups is 2. The Morgan fingerprint density at radius 3 is 2.83 bits per heavy atom. The lowest BCUT2D eigenvalue weighted by Crippen LogP contribution is -2.20. The molecule has 0 saturated heterocycles. The molecule has 1 atom stereocenters. The van der Waals surface area contributed by atoms with Crippen molar-refractivity contribution in [2.75, 3.05) is 11.9 Å². The van der Waals surface area contributed by atoms with Crippen LogP contribution in [0.1, 0.15) is 44.1 Å². The second kappa shape index (κ2) is 7.10. The Morgan fingerprint density at radius 1 is 1.50 bits per heavy atom. The van der Waals surface area contributed by atoms with Crippen molar-refractivity contribution in [3.63, 3.8) is 0 Å². The minimum Gasteiger partial charge on any atom is -0.461 e. The second-order valence-electron chi connectivity index (χ2n) is 3.94. The van der Waals surface area contributed by atoms with Crippen LogP contribution in [0.25, 0.3) is 0 Å². The number of hydrogen-bond acceptors (Lipinski definition) is 5. The third-order valence-electron chi connectivity index (χ3n) is 2.39. The quantitative estimate of drug-likeness (QED) is 0.807. The highest BCUT2D eigenvalue weighted by atomic mass is 32.1. The summed E-state index contributed by atoms with van der Waals surface area (Å²) in [7, 11) is 0. The SMILES string of the molecule is CCCC(C)C(=O)Nc1nc(C(=O)OCC)cs1. The van der Waals surface area contributed by atoms with Crippen LogP contribution >= 0.6 is 11.3 Å². The fourth-order valence-electron chi connectivity index (χ4n) is 1.42. The zero-order valence-electron chi connectivity index (χ0n) is 10.9. The number of nitrogens with zero attached hydrogens (tertiary/aromatic N) is 1. The molecule has 0 fully saturated rings. The number of anilines is 1. The predicted octanol–water partition coefficient (Wildman–Crippen LogP) is 2.69. The molecular weight excluding hydrogens is 252 g/mol. The van der Waals surface area contributed by atoms with Crippen LogP contribution in [0.4, 0.5) is 5.13 Å². The Labute approximate surface area is 111 Å². The summed E-state index contributed by atoms with van der Waals surface area (Å²) in [5.41, 5.74) is 0.236. The van der Waals surface area contributed by atoms with Crippen LogP contribution < -0.4 is 5.32 Å². The molecule has 6 heteroatoms. The summed E-state index contributed by atoms with van der Waals surface area (Å²) in [6.45, 7) is 5.95. The van der Waals surface area contributed by atoms with Gasteiger partial charge in [0.2, 0.25) is 5.91 Å². The van der Waals surface area contributed by atoms with Gasteiger partial charge >= 0.3 is 5.97 Å². The van der Waals surface area contributed by atoms with E-state index in [0.29, 0.717) is 11.7 Å². The van der Waals surface area contributed by atoms with E-state index in [-0.39, 0.29) is 17.5 Å². The van der Waals surface area contributed by atoms with Gasteiger partial charge in [-0.3, -0.25) is 4.79 Å². The molecule has 0 spiro atoms. The average molecular weight is 270 g/mol. The van der Waals surface area contributed by atoms with Gasteiger partial charge in [-0.25, -0.2) is 9.78 Å². The first-order chi connectivity index (χ1) is 8.58. The maximum Gasteiger partial charge on any atom is 0.357 e. The number of rotatable bonds is 6. The Kier molecular flexibility index (Phi) is 5.77. The van der Waals surface area contributed by atoms with Gasteiger partial charge in [0.1, 0.15) is 0 Å². The predicted molar refractivity (Wildman–Crippen MR) is 70.8 cm³/mol. The Hall–Kier alpha value is -1.43. The van der Waals surface area contributed by atoms with Gasteiger partial charge in [-0.15, -0.1) is 11.3 Å². The third kappa shape index (κ3) is 4.10. The second-order valence-corrected chi connectivity index (χ2v) is 4.80. The lowest BCUT2D eigenvalue weighted by Gasteiger charge is -2.08. The molecule has 0 aromatic carbocycles. The van der Waals surface area contributed by atoms with Crippen LogP contribution in [0.15, 0.2) is 5.38 Å². The van der Waals surface area contributed by atoms with Gasteiger partial charge in [0.05, 0.1) is 6.61 Å². The summed E-state index contributed by atoms with van der Waals surface area (Å²) in [6, 6.07) is 0. The molecule has 5 nitrogen and oxygen atoms in total. The van der Waals surface area contributed by atoms with Crippen molar-refractivity contribution in [1.82, 2.24) is 4.98 Å². The van der Waals surface area contributed by atoms with Crippen molar-refractivity contribution in [3.8, 4) is 0 Å². The standard InChI is InChI=1S/C12H18N2O3S/c1-4-6-8(3)10(15)14-12-13-9(7-18-12)11(16)17-5-2/h7-8H,4-6H2,1-3H3,(H,13,14,15). The van der Waals surface area contributed by atoms with E-state index in [0.717, 1.165) is 12.8 Å². The van der Waals surface area contributed by atoms with Gasteiger partial charge in [-0.1, -0.05) is 20.3 Å². The van der Waals surface area contributed by atoms with Crippen LogP contribution in [0, 0.1) is 5.92 Å². The Balaban J connectivity index is 2.58. The van der Waals surface area contributed by atoms with Crippen LogP contribution in [-0.2, 0) is 9.53 Å². The van der Waals surface area contributed by atoms with E-state index < -0.39 is 5.97 Å². The fraction of sp³-hybridized carbons (Fsp3) is 0.583. The number of carbonyl (C=O) groups excluding carboxylic acids is 2. The lowest BCUT2D eigenvalue weighted by molar-refractivity contribution is -0.119. The van der Waals surface area contributed by atoms with Crippen LogP contribution in [0.5, 0.6) is 0 Å². The summed E-state index contributed by atoms with van der Waals surface area (Å²) in [5.74, 6) is -0.581. The highest BCUT2D eigenvalue weighted by Gasteiger charge is 2.16. The largest absolute Gasteiger partial charge is 0.461 e. The molecule has 1 N–H and O–H groups in total. The minimum atomic E-state index is -0.462. The highest BCUT2D eigenvalue weighted by Crippen LogP contribution is 2.18. The van der Waals surface area contributed by atoms with Crippen LogP contribution in [0.3, 0.4) is 0 Å². The van der Waals surface area contributed by atoms with E-state index in [4.69, 9.17) is 4.74 Å². The zero-order valence-corrected chi connectivity index (χ0v) is 11.7. The van der Waals surface area contributed by atoms with E-state index in [1.165, 1.54) is 11.3 Å². The molecule has 1 aromatic rings. The fourth-order valence-corrected chi connectivity index (χ4v) is 2.11. The summed E-state index contributed by atoms with van der Waals surface area (Å²) < 4.78 is 4.82. The van der Waals surface area contributed by atoms with Crippen molar-refractivity contribution in [2.24, 2.45) is 5.92 Å². The number of thiazole rings is 1. The molecule has 0 aliphatic carbocycles. The molecule has 18 heavy (non-hydrogen) atoms. The minimum absolute atomic E-state index is 0.0510. The first kappa shape index (κ1) is 14.6. The van der Waals surface area contributed by atoms with Crippen molar-refractivity contribution >= 4 is 28.3 Å². The molecule has 100 valence electrons. The summed E-state index contributed by atoms with van der Waals surface area (Å²) >= 11 is 1.22. The zero-order chi connectivity index (χ0) is 13.5. The topological polar surface area (TPSA) is 68.3 Å². The molecule has 0 aliphatic rings. The summed E-state index contributed by atoms with van der Waals surface area (Å²) in [4.78, 5) is 27.2.